The number of benzene rings is 2. The maximum atomic E-state index is 9.40. The topological polar surface area (TPSA) is 77.0 Å². The zero-order valence-corrected chi connectivity index (χ0v) is 16.5. The lowest BCUT2D eigenvalue weighted by molar-refractivity contribution is 0.269. The number of hydrogen-bond donors (Lipinski definition) is 1. The van der Waals surface area contributed by atoms with Crippen LogP contribution in [0.15, 0.2) is 77.6 Å². The Kier molecular flexibility index (Phi) is 4.61. The quantitative estimate of drug-likeness (QED) is 0.465. The molecule has 6 heteroatoms. The Bertz CT molecular complexity index is 1300. The van der Waals surface area contributed by atoms with Crippen LogP contribution in [0.25, 0.3) is 44.9 Å². The second kappa shape index (κ2) is 7.57. The number of hydrogen-bond acceptors (Lipinski definition) is 5. The highest BCUT2D eigenvalue weighted by Gasteiger charge is 2.19. The zero-order valence-electron chi connectivity index (χ0n) is 16.5. The number of aromatic nitrogens is 4. The first kappa shape index (κ1) is 18.3. The smallest absolute Gasteiger partial charge is 0.230 e. The van der Waals surface area contributed by atoms with E-state index in [9.17, 15) is 5.11 Å². The summed E-state index contributed by atoms with van der Waals surface area (Å²) < 4.78 is 7.76. The molecule has 2 aromatic carbocycles. The van der Waals surface area contributed by atoms with E-state index in [-0.39, 0.29) is 6.61 Å². The predicted octanol–water partition coefficient (Wildman–Crippen LogP) is 4.72. The van der Waals surface area contributed by atoms with Crippen LogP contribution in [-0.2, 0) is 6.54 Å². The van der Waals surface area contributed by atoms with Crippen LogP contribution in [0.1, 0.15) is 5.56 Å². The van der Waals surface area contributed by atoms with Crippen molar-refractivity contribution in [2.75, 3.05) is 6.61 Å². The van der Waals surface area contributed by atoms with Gasteiger partial charge in [-0.2, -0.15) is 5.10 Å². The van der Waals surface area contributed by atoms with Crippen molar-refractivity contribution in [3.63, 3.8) is 0 Å². The third kappa shape index (κ3) is 3.27. The van der Waals surface area contributed by atoms with Gasteiger partial charge in [-0.05, 0) is 13.0 Å². The van der Waals surface area contributed by atoms with Gasteiger partial charge in [-0.1, -0.05) is 60.2 Å². The molecule has 0 radical (unpaired) electrons. The maximum absolute atomic E-state index is 9.40. The number of aryl methyl sites for hydroxylation is 1. The first-order chi connectivity index (χ1) is 14.7. The van der Waals surface area contributed by atoms with Crippen LogP contribution in [0.5, 0.6) is 0 Å². The molecule has 148 valence electrons. The molecule has 0 aliphatic heterocycles. The average molecular weight is 396 g/mol. The van der Waals surface area contributed by atoms with Crippen molar-refractivity contribution in [2.24, 2.45) is 0 Å². The molecule has 0 spiro atoms. The molecule has 6 nitrogen and oxygen atoms in total. The number of aliphatic hydroxyl groups excluding tert-OH is 1. The van der Waals surface area contributed by atoms with Crippen molar-refractivity contribution in [1.82, 2.24) is 19.7 Å². The van der Waals surface area contributed by atoms with Gasteiger partial charge in [0.05, 0.1) is 24.2 Å². The van der Waals surface area contributed by atoms with Gasteiger partial charge in [0, 0.05) is 22.9 Å². The van der Waals surface area contributed by atoms with Crippen LogP contribution in [-0.4, -0.2) is 31.5 Å². The van der Waals surface area contributed by atoms with E-state index in [1.807, 2.05) is 54.7 Å². The van der Waals surface area contributed by atoms with Gasteiger partial charge in [0.1, 0.15) is 17.8 Å². The second-order valence-corrected chi connectivity index (χ2v) is 7.16. The third-order valence-corrected chi connectivity index (χ3v) is 5.06. The van der Waals surface area contributed by atoms with E-state index in [0.29, 0.717) is 12.3 Å². The summed E-state index contributed by atoms with van der Waals surface area (Å²) in [6, 6.07) is 20.1. The average Bonchev–Trinajstić information content (AvgIpc) is 3.39. The summed E-state index contributed by atoms with van der Waals surface area (Å²) in [4.78, 5) is 8.90. The fraction of sp³-hybridized carbons (Fsp3) is 0.125. The molecule has 1 N–H and O–H groups in total. The van der Waals surface area contributed by atoms with E-state index in [1.165, 1.54) is 11.9 Å². The molecule has 3 aromatic heterocycles. The van der Waals surface area contributed by atoms with Crippen LogP contribution in [0.4, 0.5) is 0 Å². The van der Waals surface area contributed by atoms with E-state index in [0.717, 1.165) is 39.2 Å². The highest BCUT2D eigenvalue weighted by Crippen LogP contribution is 2.36. The molecule has 0 aliphatic carbocycles. The fourth-order valence-electron chi connectivity index (χ4n) is 3.55. The van der Waals surface area contributed by atoms with Crippen molar-refractivity contribution >= 4 is 11.1 Å². The van der Waals surface area contributed by atoms with Gasteiger partial charge in [-0.3, -0.25) is 4.68 Å². The molecule has 0 amide bonds. The van der Waals surface area contributed by atoms with Crippen molar-refractivity contribution in [2.45, 2.75) is 13.5 Å². The molecule has 3 heterocycles. The summed E-state index contributed by atoms with van der Waals surface area (Å²) in [5.41, 5.74) is 6.13. The SMILES string of the molecule is Cc1ccc(-c2nn(CCO)cc2-c2ncnc3oc(-c4ccccc4)cc23)cc1. The minimum atomic E-state index is 0.0114. The summed E-state index contributed by atoms with van der Waals surface area (Å²) in [5.74, 6) is 0.743. The number of nitrogens with zero attached hydrogens (tertiary/aromatic N) is 4. The molecule has 30 heavy (non-hydrogen) atoms. The standard InChI is InChI=1S/C24H20N4O2/c1-16-7-9-18(10-8-16)22-20(14-28(27-22)11-12-29)23-19-13-21(17-5-3-2-4-6-17)30-24(19)26-15-25-23/h2-10,13-15,29H,11-12H2,1H3. The fourth-order valence-corrected chi connectivity index (χ4v) is 3.55. The molecule has 0 unspecified atom stereocenters. The number of furan rings is 1. The molecule has 0 bridgehead atoms. The van der Waals surface area contributed by atoms with Gasteiger partial charge < -0.3 is 9.52 Å². The van der Waals surface area contributed by atoms with E-state index < -0.39 is 0 Å². The van der Waals surface area contributed by atoms with Gasteiger partial charge in [-0.15, -0.1) is 0 Å². The minimum absolute atomic E-state index is 0.0114. The van der Waals surface area contributed by atoms with Gasteiger partial charge in [-0.25, -0.2) is 9.97 Å². The Balaban J connectivity index is 1.70. The highest BCUT2D eigenvalue weighted by molar-refractivity contribution is 5.95. The molecule has 0 fully saturated rings. The van der Waals surface area contributed by atoms with Crippen LogP contribution < -0.4 is 0 Å². The van der Waals surface area contributed by atoms with Crippen molar-refractivity contribution in [1.29, 1.82) is 0 Å². The largest absolute Gasteiger partial charge is 0.438 e. The summed E-state index contributed by atoms with van der Waals surface area (Å²) in [6.07, 6.45) is 3.43. The molecule has 0 saturated carbocycles. The summed E-state index contributed by atoms with van der Waals surface area (Å²) in [7, 11) is 0. The van der Waals surface area contributed by atoms with Crippen LogP contribution in [0.3, 0.4) is 0 Å². The van der Waals surface area contributed by atoms with E-state index in [4.69, 9.17) is 9.52 Å². The van der Waals surface area contributed by atoms with Crippen molar-refractivity contribution in [3.8, 4) is 33.8 Å². The first-order valence-corrected chi connectivity index (χ1v) is 9.78. The maximum Gasteiger partial charge on any atom is 0.230 e. The molecule has 5 aromatic rings. The van der Waals surface area contributed by atoms with E-state index in [2.05, 4.69) is 29.0 Å². The van der Waals surface area contributed by atoms with Gasteiger partial charge >= 0.3 is 0 Å². The minimum Gasteiger partial charge on any atom is -0.438 e. The lowest BCUT2D eigenvalue weighted by Gasteiger charge is -2.03. The summed E-state index contributed by atoms with van der Waals surface area (Å²) in [6.45, 7) is 2.48. The van der Waals surface area contributed by atoms with Gasteiger partial charge in [0.15, 0.2) is 0 Å². The Morgan fingerprint density at radius 3 is 2.50 bits per heavy atom. The predicted molar refractivity (Wildman–Crippen MR) is 116 cm³/mol. The zero-order chi connectivity index (χ0) is 20.5. The summed E-state index contributed by atoms with van der Waals surface area (Å²) in [5, 5.41) is 14.9. The highest BCUT2D eigenvalue weighted by atomic mass is 16.3. The number of aliphatic hydroxyl groups is 1. The molecule has 0 saturated heterocycles. The lowest BCUT2D eigenvalue weighted by Crippen LogP contribution is -2.02. The van der Waals surface area contributed by atoms with Crippen LogP contribution >= 0.6 is 0 Å². The molecule has 0 aliphatic rings. The number of fused-ring (bicyclic) bond motifs is 1. The van der Waals surface area contributed by atoms with Gasteiger partial charge in [0.25, 0.3) is 0 Å². The molecular weight excluding hydrogens is 376 g/mol. The van der Waals surface area contributed by atoms with E-state index >= 15 is 0 Å². The van der Waals surface area contributed by atoms with Crippen LogP contribution in [0, 0.1) is 6.92 Å². The Morgan fingerprint density at radius 2 is 1.73 bits per heavy atom. The Labute approximate surface area is 173 Å². The second-order valence-electron chi connectivity index (χ2n) is 7.16. The normalized spacial score (nSPS) is 11.3. The lowest BCUT2D eigenvalue weighted by atomic mass is 10.0. The molecule has 0 atom stereocenters. The number of rotatable bonds is 5. The van der Waals surface area contributed by atoms with Crippen molar-refractivity contribution in [3.05, 3.63) is 78.8 Å². The van der Waals surface area contributed by atoms with Gasteiger partial charge in [0.2, 0.25) is 5.71 Å². The molecular formula is C24H20N4O2. The Hall–Kier alpha value is -3.77. The third-order valence-electron chi connectivity index (χ3n) is 5.06. The monoisotopic (exact) mass is 396 g/mol. The summed E-state index contributed by atoms with van der Waals surface area (Å²) >= 11 is 0. The van der Waals surface area contributed by atoms with Crippen molar-refractivity contribution < 1.29 is 9.52 Å². The first-order valence-electron chi connectivity index (χ1n) is 9.78. The van der Waals surface area contributed by atoms with E-state index in [1.54, 1.807) is 4.68 Å². The van der Waals surface area contributed by atoms with Crippen LogP contribution in [0.2, 0.25) is 0 Å². The Morgan fingerprint density at radius 1 is 0.933 bits per heavy atom. The molecule has 5 rings (SSSR count).